The van der Waals surface area contributed by atoms with Crippen molar-refractivity contribution >= 4 is 0 Å². The van der Waals surface area contributed by atoms with Crippen LogP contribution in [0.3, 0.4) is 0 Å². The summed E-state index contributed by atoms with van der Waals surface area (Å²) >= 11 is 0. The lowest BCUT2D eigenvalue weighted by Gasteiger charge is -2.10. The Bertz CT molecular complexity index is 302. The molecule has 70 valence electrons. The number of aliphatic hydroxyl groups excluding tert-OH is 1. The molecule has 0 saturated heterocycles. The van der Waals surface area contributed by atoms with E-state index < -0.39 is 6.10 Å². The topological polar surface area (TPSA) is 20.2 Å². The summed E-state index contributed by atoms with van der Waals surface area (Å²) in [6, 6.07) is 8.18. The van der Waals surface area contributed by atoms with Crippen LogP contribution in [0.25, 0.3) is 0 Å². The van der Waals surface area contributed by atoms with E-state index in [1.807, 2.05) is 19.1 Å². The lowest BCUT2D eigenvalue weighted by atomic mass is 10.0. The van der Waals surface area contributed by atoms with Crippen LogP contribution in [0.4, 0.5) is 0 Å². The lowest BCUT2D eigenvalue weighted by molar-refractivity contribution is 0.212. The Kier molecular flexibility index (Phi) is 3.26. The van der Waals surface area contributed by atoms with Gasteiger partial charge in [0.25, 0.3) is 0 Å². The largest absolute Gasteiger partial charge is 0.388 e. The first-order valence-corrected chi connectivity index (χ1v) is 4.48. The molecule has 1 rings (SSSR count). The third-order valence-corrected chi connectivity index (χ3v) is 2.08. The van der Waals surface area contributed by atoms with Crippen molar-refractivity contribution in [3.05, 3.63) is 47.5 Å². The molecule has 13 heavy (non-hydrogen) atoms. The Hall–Kier alpha value is -1.08. The Morgan fingerprint density at radius 1 is 1.54 bits per heavy atom. The van der Waals surface area contributed by atoms with Gasteiger partial charge in [0.1, 0.15) is 0 Å². The summed E-state index contributed by atoms with van der Waals surface area (Å²) in [5.74, 6) is 0. The average Bonchev–Trinajstić information content (AvgIpc) is 2.04. The normalized spacial score (nSPS) is 12.5. The zero-order valence-corrected chi connectivity index (χ0v) is 8.25. The van der Waals surface area contributed by atoms with Crippen molar-refractivity contribution in [1.82, 2.24) is 0 Å². The highest BCUT2D eigenvalue weighted by Gasteiger charge is 2.05. The van der Waals surface area contributed by atoms with Crippen molar-refractivity contribution in [1.29, 1.82) is 0 Å². The van der Waals surface area contributed by atoms with Gasteiger partial charge in [0.15, 0.2) is 0 Å². The minimum atomic E-state index is -0.415. The summed E-state index contributed by atoms with van der Waals surface area (Å²) in [4.78, 5) is 0. The van der Waals surface area contributed by atoms with Crippen LogP contribution in [0.5, 0.6) is 0 Å². The maximum absolute atomic E-state index is 9.57. The van der Waals surface area contributed by atoms with Crippen molar-refractivity contribution in [2.24, 2.45) is 0 Å². The summed E-state index contributed by atoms with van der Waals surface area (Å²) in [6.07, 6.45) is 0.249. The van der Waals surface area contributed by atoms with Gasteiger partial charge in [-0.1, -0.05) is 42.0 Å². The van der Waals surface area contributed by atoms with Gasteiger partial charge in [-0.3, -0.25) is 0 Å². The molecule has 1 nitrogen and oxygen atoms in total. The van der Waals surface area contributed by atoms with Gasteiger partial charge < -0.3 is 5.11 Å². The van der Waals surface area contributed by atoms with Crippen LogP contribution in [0, 0.1) is 6.92 Å². The van der Waals surface area contributed by atoms with Gasteiger partial charge in [-0.05, 0) is 19.4 Å². The van der Waals surface area contributed by atoms with E-state index in [4.69, 9.17) is 0 Å². The van der Waals surface area contributed by atoms with Crippen LogP contribution < -0.4 is 0 Å². The Balaban J connectivity index is 2.69. The van der Waals surface area contributed by atoms with Gasteiger partial charge in [0, 0.05) is 6.42 Å². The molecule has 0 bridgehead atoms. The molecule has 1 unspecified atom stereocenters. The minimum Gasteiger partial charge on any atom is -0.388 e. The molecule has 1 aromatic rings. The summed E-state index contributed by atoms with van der Waals surface area (Å²) in [7, 11) is 0. The molecular formula is C12H16O. The number of aliphatic hydroxyl groups is 1. The summed E-state index contributed by atoms with van der Waals surface area (Å²) < 4.78 is 0. The number of rotatable bonds is 3. The second kappa shape index (κ2) is 4.24. The number of hydrogen-bond donors (Lipinski definition) is 1. The van der Waals surface area contributed by atoms with Crippen LogP contribution in [0.1, 0.15) is 18.1 Å². The van der Waals surface area contributed by atoms with Gasteiger partial charge in [0.05, 0.1) is 6.10 Å². The summed E-state index contributed by atoms with van der Waals surface area (Å²) in [5.41, 5.74) is 3.21. The van der Waals surface area contributed by atoms with E-state index in [0.29, 0.717) is 6.42 Å². The van der Waals surface area contributed by atoms with Crippen molar-refractivity contribution in [3.63, 3.8) is 0 Å². The maximum atomic E-state index is 9.57. The maximum Gasteiger partial charge on any atom is 0.0785 e. The predicted molar refractivity (Wildman–Crippen MR) is 55.7 cm³/mol. The molecule has 0 aromatic heterocycles. The van der Waals surface area contributed by atoms with Crippen LogP contribution in [0.15, 0.2) is 36.4 Å². The Labute approximate surface area is 79.7 Å². The number of aryl methyl sites for hydroxylation is 1. The highest BCUT2D eigenvalue weighted by atomic mass is 16.3. The second-order valence-electron chi connectivity index (χ2n) is 3.56. The van der Waals surface area contributed by atoms with E-state index in [-0.39, 0.29) is 0 Å². The molecule has 0 saturated carbocycles. The van der Waals surface area contributed by atoms with Gasteiger partial charge in [-0.15, -0.1) is 0 Å². The molecule has 0 spiro atoms. The Morgan fingerprint density at radius 3 is 2.77 bits per heavy atom. The molecule has 0 heterocycles. The minimum absolute atomic E-state index is 0.415. The Morgan fingerprint density at radius 2 is 2.23 bits per heavy atom. The SMILES string of the molecule is C=C(C)C(O)Cc1cccc(C)c1. The third-order valence-electron chi connectivity index (χ3n) is 2.08. The predicted octanol–water partition coefficient (Wildman–Crippen LogP) is 2.47. The fourth-order valence-electron chi connectivity index (χ4n) is 1.24. The van der Waals surface area contributed by atoms with E-state index in [1.165, 1.54) is 5.56 Å². The number of benzene rings is 1. The van der Waals surface area contributed by atoms with Gasteiger partial charge >= 0.3 is 0 Å². The molecule has 1 heteroatoms. The van der Waals surface area contributed by atoms with Crippen molar-refractivity contribution in [2.45, 2.75) is 26.4 Å². The third kappa shape index (κ3) is 3.03. The van der Waals surface area contributed by atoms with Crippen LogP contribution in [-0.4, -0.2) is 11.2 Å². The van der Waals surface area contributed by atoms with E-state index in [1.54, 1.807) is 0 Å². The van der Waals surface area contributed by atoms with E-state index in [2.05, 4.69) is 25.6 Å². The van der Waals surface area contributed by atoms with E-state index >= 15 is 0 Å². The molecule has 0 aliphatic heterocycles. The zero-order chi connectivity index (χ0) is 9.84. The summed E-state index contributed by atoms with van der Waals surface area (Å²) in [6.45, 7) is 7.62. The monoisotopic (exact) mass is 176 g/mol. The summed E-state index contributed by atoms with van der Waals surface area (Å²) in [5, 5.41) is 9.57. The molecule has 1 aromatic carbocycles. The fraction of sp³-hybridized carbons (Fsp3) is 0.333. The molecule has 0 radical (unpaired) electrons. The molecular weight excluding hydrogens is 160 g/mol. The first kappa shape index (κ1) is 10.0. The van der Waals surface area contributed by atoms with Crippen LogP contribution >= 0.6 is 0 Å². The lowest BCUT2D eigenvalue weighted by Crippen LogP contribution is -2.10. The number of hydrogen-bond acceptors (Lipinski definition) is 1. The quantitative estimate of drug-likeness (QED) is 0.701. The van der Waals surface area contributed by atoms with Gasteiger partial charge in [0.2, 0.25) is 0 Å². The highest BCUT2D eigenvalue weighted by Crippen LogP contribution is 2.10. The van der Waals surface area contributed by atoms with Crippen molar-refractivity contribution in [2.75, 3.05) is 0 Å². The van der Waals surface area contributed by atoms with Crippen LogP contribution in [-0.2, 0) is 6.42 Å². The van der Waals surface area contributed by atoms with Gasteiger partial charge in [-0.25, -0.2) is 0 Å². The molecule has 0 amide bonds. The molecule has 0 aliphatic carbocycles. The highest BCUT2D eigenvalue weighted by molar-refractivity contribution is 5.23. The zero-order valence-electron chi connectivity index (χ0n) is 8.25. The van der Waals surface area contributed by atoms with Crippen molar-refractivity contribution < 1.29 is 5.11 Å². The van der Waals surface area contributed by atoms with Crippen molar-refractivity contribution in [3.8, 4) is 0 Å². The standard InChI is InChI=1S/C12H16O/c1-9(2)12(13)8-11-6-4-5-10(3)7-11/h4-7,12-13H,1,8H2,2-3H3. The van der Waals surface area contributed by atoms with E-state index in [9.17, 15) is 5.11 Å². The fourth-order valence-corrected chi connectivity index (χ4v) is 1.24. The molecule has 1 N–H and O–H groups in total. The average molecular weight is 176 g/mol. The first-order valence-electron chi connectivity index (χ1n) is 4.48. The smallest absolute Gasteiger partial charge is 0.0785 e. The molecule has 1 atom stereocenters. The van der Waals surface area contributed by atoms with E-state index in [0.717, 1.165) is 11.1 Å². The molecule has 0 aliphatic rings. The van der Waals surface area contributed by atoms with Crippen LogP contribution in [0.2, 0.25) is 0 Å². The van der Waals surface area contributed by atoms with Gasteiger partial charge in [-0.2, -0.15) is 0 Å². The first-order chi connectivity index (χ1) is 6.09. The molecule has 0 fully saturated rings. The second-order valence-corrected chi connectivity index (χ2v) is 3.56.